The van der Waals surface area contributed by atoms with E-state index in [-0.39, 0.29) is 11.4 Å². The van der Waals surface area contributed by atoms with Gasteiger partial charge in [-0.1, -0.05) is 19.1 Å². The Balaban J connectivity index is 2.63. The van der Waals surface area contributed by atoms with Crippen molar-refractivity contribution in [3.63, 3.8) is 0 Å². The van der Waals surface area contributed by atoms with Gasteiger partial charge in [0.25, 0.3) is 0 Å². The summed E-state index contributed by atoms with van der Waals surface area (Å²) < 4.78 is 36.6. The average Bonchev–Trinajstić information content (AvgIpc) is 2.30. The van der Waals surface area contributed by atoms with Crippen LogP contribution in [0.3, 0.4) is 0 Å². The molecular weight excluding hydrogens is 271 g/mol. The highest BCUT2D eigenvalue weighted by Gasteiger charge is 2.20. The third kappa shape index (κ3) is 5.35. The van der Waals surface area contributed by atoms with Gasteiger partial charge >= 0.3 is 0 Å². The number of nitrogens with one attached hydrogen (secondary N) is 1. The van der Waals surface area contributed by atoms with Crippen LogP contribution in [0.5, 0.6) is 0 Å². The maximum atomic E-state index is 13.3. The molecule has 0 aromatic heterocycles. The van der Waals surface area contributed by atoms with Gasteiger partial charge in [0, 0.05) is 6.04 Å². The van der Waals surface area contributed by atoms with Gasteiger partial charge in [0.15, 0.2) is 9.84 Å². The smallest absolute Gasteiger partial charge is 0.239 e. The van der Waals surface area contributed by atoms with Crippen LogP contribution in [0.2, 0.25) is 0 Å². The van der Waals surface area contributed by atoms with Crippen molar-refractivity contribution in [2.45, 2.75) is 19.4 Å². The Bertz CT molecular complexity index is 546. The van der Waals surface area contributed by atoms with Gasteiger partial charge in [0.2, 0.25) is 5.91 Å². The molecule has 0 aliphatic heterocycles. The highest BCUT2D eigenvalue weighted by Crippen LogP contribution is 2.12. The molecular formula is C12H17FN2O3S. The molecule has 0 fully saturated rings. The van der Waals surface area contributed by atoms with Gasteiger partial charge in [-0.2, -0.15) is 0 Å². The van der Waals surface area contributed by atoms with E-state index in [1.807, 2.05) is 0 Å². The van der Waals surface area contributed by atoms with Crippen LogP contribution in [0.25, 0.3) is 0 Å². The number of anilines is 1. The van der Waals surface area contributed by atoms with Gasteiger partial charge in [-0.25, -0.2) is 12.8 Å². The topological polar surface area (TPSA) is 89.3 Å². The van der Waals surface area contributed by atoms with E-state index >= 15 is 0 Å². The molecule has 7 heteroatoms. The summed E-state index contributed by atoms with van der Waals surface area (Å²) in [6.07, 6.45) is 0.508. The summed E-state index contributed by atoms with van der Waals surface area (Å²) in [6, 6.07) is 5.06. The van der Waals surface area contributed by atoms with Crippen LogP contribution in [0.1, 0.15) is 13.3 Å². The molecule has 0 bridgehead atoms. The van der Waals surface area contributed by atoms with Gasteiger partial charge in [-0.15, -0.1) is 0 Å². The molecule has 0 heterocycles. The zero-order valence-corrected chi connectivity index (χ0v) is 11.4. The molecule has 0 spiro atoms. The Morgan fingerprint density at radius 1 is 1.42 bits per heavy atom. The number of carbonyl (C=O) groups excluding carboxylic acids is 1. The first kappa shape index (κ1) is 15.6. The Labute approximate surface area is 111 Å². The van der Waals surface area contributed by atoms with Gasteiger partial charge < -0.3 is 11.1 Å². The molecule has 5 nitrogen and oxygen atoms in total. The quantitative estimate of drug-likeness (QED) is 0.814. The SMILES string of the molecule is CCC(N)CS(=O)(=O)CC(=O)Nc1ccccc1F. The van der Waals surface area contributed by atoms with Crippen LogP contribution in [0.4, 0.5) is 10.1 Å². The van der Waals surface area contributed by atoms with Crippen molar-refractivity contribution < 1.29 is 17.6 Å². The lowest BCUT2D eigenvalue weighted by atomic mass is 10.3. The second-order valence-corrected chi connectivity index (χ2v) is 6.36. The standard InChI is InChI=1S/C12H17FN2O3S/c1-2-9(14)7-19(17,18)8-12(16)15-11-6-4-3-5-10(11)13/h3-6,9H,2,7-8,14H2,1H3,(H,15,16). The zero-order chi connectivity index (χ0) is 14.5. The number of amides is 1. The second-order valence-electron chi connectivity index (χ2n) is 4.25. The van der Waals surface area contributed by atoms with Gasteiger partial charge in [0.05, 0.1) is 11.4 Å². The lowest BCUT2D eigenvalue weighted by Gasteiger charge is -2.10. The van der Waals surface area contributed by atoms with Crippen LogP contribution in [0, 0.1) is 5.82 Å². The molecule has 0 aliphatic carbocycles. The minimum Gasteiger partial charge on any atom is -0.327 e. The van der Waals surface area contributed by atoms with Gasteiger partial charge in [-0.3, -0.25) is 4.79 Å². The third-order valence-corrected chi connectivity index (χ3v) is 4.13. The fourth-order valence-corrected chi connectivity index (χ4v) is 2.93. The van der Waals surface area contributed by atoms with E-state index < -0.39 is 33.4 Å². The molecule has 0 saturated heterocycles. The first-order chi connectivity index (χ1) is 8.84. The fourth-order valence-electron chi connectivity index (χ4n) is 1.45. The molecule has 1 aromatic rings. The number of para-hydroxylation sites is 1. The van der Waals surface area contributed by atoms with E-state index in [1.54, 1.807) is 13.0 Å². The minimum atomic E-state index is -3.58. The lowest BCUT2D eigenvalue weighted by molar-refractivity contribution is -0.113. The molecule has 19 heavy (non-hydrogen) atoms. The zero-order valence-electron chi connectivity index (χ0n) is 10.6. The maximum absolute atomic E-state index is 13.3. The number of carbonyl (C=O) groups is 1. The van der Waals surface area contributed by atoms with E-state index in [2.05, 4.69) is 5.32 Å². The Morgan fingerprint density at radius 2 is 2.05 bits per heavy atom. The summed E-state index contributed by atoms with van der Waals surface area (Å²) in [5, 5.41) is 2.22. The lowest BCUT2D eigenvalue weighted by Crippen LogP contribution is -2.33. The molecule has 1 atom stereocenters. The molecule has 0 radical (unpaired) electrons. The van der Waals surface area contributed by atoms with E-state index in [0.717, 1.165) is 0 Å². The minimum absolute atomic E-state index is 0.0394. The summed E-state index contributed by atoms with van der Waals surface area (Å²) in [4.78, 5) is 11.6. The highest BCUT2D eigenvalue weighted by molar-refractivity contribution is 7.92. The molecule has 3 N–H and O–H groups in total. The van der Waals surface area contributed by atoms with Gasteiger partial charge in [-0.05, 0) is 18.6 Å². The first-order valence-corrected chi connectivity index (χ1v) is 7.66. The molecule has 1 unspecified atom stereocenters. The van der Waals surface area contributed by atoms with E-state index in [0.29, 0.717) is 6.42 Å². The van der Waals surface area contributed by atoms with Gasteiger partial charge in [0.1, 0.15) is 11.6 Å². The number of benzene rings is 1. The number of hydrogen-bond donors (Lipinski definition) is 2. The van der Waals surface area contributed by atoms with Crippen LogP contribution >= 0.6 is 0 Å². The van der Waals surface area contributed by atoms with Crippen LogP contribution < -0.4 is 11.1 Å². The highest BCUT2D eigenvalue weighted by atomic mass is 32.2. The van der Waals surface area contributed by atoms with Crippen molar-refractivity contribution in [2.75, 3.05) is 16.8 Å². The summed E-state index contributed by atoms with van der Waals surface area (Å²) in [5.74, 6) is -2.34. The molecule has 1 amide bonds. The van der Waals surface area contributed by atoms with E-state index in [1.165, 1.54) is 18.2 Å². The van der Waals surface area contributed by atoms with E-state index in [4.69, 9.17) is 5.73 Å². The molecule has 1 rings (SSSR count). The van der Waals surface area contributed by atoms with Crippen molar-refractivity contribution in [3.8, 4) is 0 Å². The number of halogens is 1. The summed E-state index contributed by atoms with van der Waals surface area (Å²) in [5.41, 5.74) is 5.50. The maximum Gasteiger partial charge on any atom is 0.239 e. The van der Waals surface area contributed by atoms with Crippen LogP contribution in [0.15, 0.2) is 24.3 Å². The predicted molar refractivity (Wildman–Crippen MR) is 71.9 cm³/mol. The first-order valence-electron chi connectivity index (χ1n) is 5.84. The number of hydrogen-bond acceptors (Lipinski definition) is 4. The van der Waals surface area contributed by atoms with Crippen LogP contribution in [-0.4, -0.2) is 31.9 Å². The van der Waals surface area contributed by atoms with Crippen molar-refractivity contribution in [3.05, 3.63) is 30.1 Å². The summed E-state index contributed by atoms with van der Waals surface area (Å²) in [7, 11) is -3.58. The average molecular weight is 288 g/mol. The fraction of sp³-hybridized carbons (Fsp3) is 0.417. The van der Waals surface area contributed by atoms with Crippen LogP contribution in [-0.2, 0) is 14.6 Å². The number of nitrogens with two attached hydrogens (primary N) is 1. The Kier molecular flexibility index (Phi) is 5.44. The van der Waals surface area contributed by atoms with Crippen molar-refractivity contribution >= 4 is 21.4 Å². The predicted octanol–water partition coefficient (Wildman–Crippen LogP) is 0.916. The third-order valence-electron chi connectivity index (χ3n) is 2.49. The summed E-state index contributed by atoms with van der Waals surface area (Å²) >= 11 is 0. The van der Waals surface area contributed by atoms with Crippen molar-refractivity contribution in [1.82, 2.24) is 0 Å². The molecule has 1 aromatic carbocycles. The number of sulfone groups is 1. The number of rotatable bonds is 6. The second kappa shape index (κ2) is 6.63. The Hall–Kier alpha value is -1.47. The Morgan fingerprint density at radius 3 is 2.63 bits per heavy atom. The molecule has 106 valence electrons. The van der Waals surface area contributed by atoms with Crippen molar-refractivity contribution in [2.24, 2.45) is 5.73 Å². The van der Waals surface area contributed by atoms with Crippen molar-refractivity contribution in [1.29, 1.82) is 0 Å². The van der Waals surface area contributed by atoms with E-state index in [9.17, 15) is 17.6 Å². The monoisotopic (exact) mass is 288 g/mol. The largest absolute Gasteiger partial charge is 0.327 e. The summed E-state index contributed by atoms with van der Waals surface area (Å²) in [6.45, 7) is 1.76. The molecule has 0 saturated carbocycles. The molecule has 0 aliphatic rings. The normalized spacial score (nSPS) is 13.0.